The van der Waals surface area contributed by atoms with Gasteiger partial charge in [-0.05, 0) is 13.8 Å². The number of nitrogens with one attached hydrogen (secondary N) is 1. The summed E-state index contributed by atoms with van der Waals surface area (Å²) >= 11 is 1.63. The molecule has 1 atom stereocenters. The Bertz CT molecular complexity index is 311. The van der Waals surface area contributed by atoms with Gasteiger partial charge in [-0.2, -0.15) is 0 Å². The highest BCUT2D eigenvalue weighted by molar-refractivity contribution is 7.09. The van der Waals surface area contributed by atoms with Crippen molar-refractivity contribution in [2.45, 2.75) is 26.3 Å². The topological polar surface area (TPSA) is 68.0 Å². The number of hydrogen-bond acceptors (Lipinski definition) is 4. The number of nitrogens with two attached hydrogens (primary N) is 1. The summed E-state index contributed by atoms with van der Waals surface area (Å²) in [5.41, 5.74) is 6.05. The number of carbonyl (C=O) groups is 1. The van der Waals surface area contributed by atoms with Gasteiger partial charge < -0.3 is 11.1 Å². The molecule has 1 aromatic heterocycles. The van der Waals surface area contributed by atoms with Crippen molar-refractivity contribution in [2.24, 2.45) is 5.73 Å². The van der Waals surface area contributed by atoms with E-state index in [1.807, 2.05) is 19.2 Å². The van der Waals surface area contributed by atoms with Gasteiger partial charge in [0.15, 0.2) is 0 Å². The van der Waals surface area contributed by atoms with E-state index in [-0.39, 0.29) is 11.9 Å². The van der Waals surface area contributed by atoms with Gasteiger partial charge in [0.25, 0.3) is 0 Å². The smallest absolute Gasteiger partial charge is 0.218 e. The zero-order chi connectivity index (χ0) is 10.6. The molecule has 1 heterocycles. The van der Waals surface area contributed by atoms with Crippen molar-refractivity contribution in [2.75, 3.05) is 6.54 Å². The molecule has 1 rings (SSSR count). The quantitative estimate of drug-likeness (QED) is 0.766. The van der Waals surface area contributed by atoms with Crippen LogP contribution in [0, 0.1) is 6.92 Å². The predicted octanol–water partition coefficient (Wildman–Crippen LogP) is 0.978. The molecule has 0 bridgehead atoms. The molecule has 0 saturated carbocycles. The summed E-state index contributed by atoms with van der Waals surface area (Å²) < 4.78 is 0. The van der Waals surface area contributed by atoms with E-state index in [2.05, 4.69) is 10.3 Å². The Kier molecular flexibility index (Phi) is 4.03. The van der Waals surface area contributed by atoms with Crippen LogP contribution in [0.15, 0.2) is 5.38 Å². The lowest BCUT2D eigenvalue weighted by Gasteiger charge is -2.09. The number of rotatable bonds is 5. The van der Waals surface area contributed by atoms with Crippen molar-refractivity contribution in [1.82, 2.24) is 10.3 Å². The number of thiazole rings is 1. The number of aryl methyl sites for hydroxylation is 1. The molecule has 0 aromatic carbocycles. The Morgan fingerprint density at radius 3 is 3.00 bits per heavy atom. The molecule has 1 aromatic rings. The van der Waals surface area contributed by atoms with Gasteiger partial charge in [-0.25, -0.2) is 4.98 Å². The van der Waals surface area contributed by atoms with Crippen molar-refractivity contribution < 1.29 is 4.79 Å². The summed E-state index contributed by atoms with van der Waals surface area (Å²) in [4.78, 5) is 14.8. The summed E-state index contributed by atoms with van der Waals surface area (Å²) in [6.45, 7) is 4.60. The Morgan fingerprint density at radius 1 is 1.79 bits per heavy atom. The van der Waals surface area contributed by atoms with Gasteiger partial charge in [0.2, 0.25) is 5.91 Å². The summed E-state index contributed by atoms with van der Waals surface area (Å²) in [5.74, 6) is -0.279. The van der Waals surface area contributed by atoms with Crippen molar-refractivity contribution in [3.63, 3.8) is 0 Å². The maximum atomic E-state index is 10.5. The van der Waals surface area contributed by atoms with Gasteiger partial charge in [-0.1, -0.05) is 0 Å². The number of primary amides is 1. The Hall–Kier alpha value is -0.940. The summed E-state index contributed by atoms with van der Waals surface area (Å²) in [6.07, 6.45) is 0.369. The number of hydrogen-bond donors (Lipinski definition) is 2. The van der Waals surface area contributed by atoms with Gasteiger partial charge in [0.1, 0.15) is 0 Å². The molecule has 0 aliphatic heterocycles. The average Bonchev–Trinajstić information content (AvgIpc) is 2.51. The molecule has 78 valence electrons. The van der Waals surface area contributed by atoms with Gasteiger partial charge >= 0.3 is 0 Å². The molecule has 5 heteroatoms. The fourth-order valence-corrected chi connectivity index (χ4v) is 1.80. The van der Waals surface area contributed by atoms with Crippen LogP contribution in [0.25, 0.3) is 0 Å². The Morgan fingerprint density at radius 2 is 2.50 bits per heavy atom. The molecule has 0 aliphatic rings. The molecule has 1 amide bonds. The van der Waals surface area contributed by atoms with E-state index in [1.54, 1.807) is 11.3 Å². The van der Waals surface area contributed by atoms with Crippen LogP contribution in [0.5, 0.6) is 0 Å². The third-order valence-electron chi connectivity index (χ3n) is 1.90. The lowest BCUT2D eigenvalue weighted by atomic mass is 10.2. The van der Waals surface area contributed by atoms with Crippen LogP contribution in [-0.2, 0) is 4.79 Å². The summed E-state index contributed by atoms with van der Waals surface area (Å²) in [5, 5.41) is 6.27. The minimum Gasteiger partial charge on any atom is -0.370 e. The monoisotopic (exact) mass is 213 g/mol. The molecule has 3 N–H and O–H groups in total. The summed E-state index contributed by atoms with van der Waals surface area (Å²) in [6, 6.07) is 0.180. The highest BCUT2D eigenvalue weighted by Gasteiger charge is 2.07. The fraction of sp³-hybridized carbons (Fsp3) is 0.556. The largest absolute Gasteiger partial charge is 0.370 e. The minimum atomic E-state index is -0.279. The van der Waals surface area contributed by atoms with Crippen molar-refractivity contribution in [3.8, 4) is 0 Å². The normalized spacial score (nSPS) is 12.7. The van der Waals surface area contributed by atoms with Gasteiger partial charge in [-0.3, -0.25) is 4.79 Å². The number of carbonyl (C=O) groups excluding carboxylic acids is 1. The van der Waals surface area contributed by atoms with Crippen LogP contribution >= 0.6 is 11.3 Å². The van der Waals surface area contributed by atoms with Crippen LogP contribution in [-0.4, -0.2) is 17.4 Å². The molecule has 0 saturated heterocycles. The zero-order valence-electron chi connectivity index (χ0n) is 8.41. The number of aromatic nitrogens is 1. The van der Waals surface area contributed by atoms with E-state index in [9.17, 15) is 4.79 Å². The fourth-order valence-electron chi connectivity index (χ4n) is 1.10. The van der Waals surface area contributed by atoms with Crippen molar-refractivity contribution in [1.29, 1.82) is 0 Å². The highest BCUT2D eigenvalue weighted by Crippen LogP contribution is 2.15. The molecular formula is C9H15N3OS. The molecule has 4 nitrogen and oxygen atoms in total. The first-order valence-electron chi connectivity index (χ1n) is 4.53. The van der Waals surface area contributed by atoms with Gasteiger partial charge in [0.05, 0.1) is 10.7 Å². The lowest BCUT2D eigenvalue weighted by molar-refractivity contribution is -0.117. The second kappa shape index (κ2) is 5.07. The highest BCUT2D eigenvalue weighted by atomic mass is 32.1. The Balaban J connectivity index is 2.35. The van der Waals surface area contributed by atoms with Crippen LogP contribution in [0.4, 0.5) is 0 Å². The van der Waals surface area contributed by atoms with Crippen molar-refractivity contribution in [3.05, 3.63) is 16.1 Å². The lowest BCUT2D eigenvalue weighted by Crippen LogP contribution is -2.24. The van der Waals surface area contributed by atoms with E-state index in [4.69, 9.17) is 5.73 Å². The predicted molar refractivity (Wildman–Crippen MR) is 57.1 cm³/mol. The van der Waals surface area contributed by atoms with Crippen LogP contribution in [0.3, 0.4) is 0 Å². The molecule has 0 aliphatic carbocycles. The standard InChI is InChI=1S/C9H15N3OS/c1-6(11-4-3-9(10)13)8-5-14-7(2)12-8/h5-6,11H,3-4H2,1-2H3,(H2,10,13). The van der Waals surface area contributed by atoms with Crippen LogP contribution < -0.4 is 11.1 Å². The SMILES string of the molecule is Cc1nc(C(C)NCCC(N)=O)cs1. The molecule has 14 heavy (non-hydrogen) atoms. The third kappa shape index (κ3) is 3.43. The van der Waals surface area contributed by atoms with E-state index < -0.39 is 0 Å². The average molecular weight is 213 g/mol. The molecule has 0 radical (unpaired) electrons. The van der Waals surface area contributed by atoms with Crippen molar-refractivity contribution >= 4 is 17.2 Å². The summed E-state index contributed by atoms with van der Waals surface area (Å²) in [7, 11) is 0. The number of nitrogens with zero attached hydrogens (tertiary/aromatic N) is 1. The third-order valence-corrected chi connectivity index (χ3v) is 2.69. The van der Waals surface area contributed by atoms with Gasteiger partial charge in [-0.15, -0.1) is 11.3 Å². The second-order valence-corrected chi connectivity index (χ2v) is 4.25. The minimum absolute atomic E-state index is 0.180. The van der Waals surface area contributed by atoms with Gasteiger partial charge in [0, 0.05) is 24.4 Å². The Labute approximate surface area is 87.5 Å². The van der Waals surface area contributed by atoms with E-state index in [0.29, 0.717) is 13.0 Å². The van der Waals surface area contributed by atoms with E-state index in [1.165, 1.54) is 0 Å². The second-order valence-electron chi connectivity index (χ2n) is 3.18. The van der Waals surface area contributed by atoms with E-state index in [0.717, 1.165) is 10.7 Å². The van der Waals surface area contributed by atoms with Crippen LogP contribution in [0.1, 0.15) is 30.1 Å². The number of amides is 1. The molecule has 1 unspecified atom stereocenters. The molecule has 0 fully saturated rings. The zero-order valence-corrected chi connectivity index (χ0v) is 9.23. The first kappa shape index (κ1) is 11.1. The van der Waals surface area contributed by atoms with Crippen LogP contribution in [0.2, 0.25) is 0 Å². The van der Waals surface area contributed by atoms with E-state index >= 15 is 0 Å². The molecule has 0 spiro atoms. The maximum Gasteiger partial charge on any atom is 0.218 e. The first-order chi connectivity index (χ1) is 6.59. The first-order valence-corrected chi connectivity index (χ1v) is 5.41. The maximum absolute atomic E-state index is 10.5. The molecular weight excluding hydrogens is 198 g/mol.